The third-order valence-electron chi connectivity index (χ3n) is 3.13. The van der Waals surface area contributed by atoms with Gasteiger partial charge in [-0.2, -0.15) is 0 Å². The van der Waals surface area contributed by atoms with Gasteiger partial charge in [0.25, 0.3) is 0 Å². The number of hydrogen-bond donors (Lipinski definition) is 1. The Balaban J connectivity index is 2.12. The van der Waals surface area contributed by atoms with Gasteiger partial charge in [-0.25, -0.2) is 0 Å². The molecule has 0 radical (unpaired) electrons. The second-order valence-corrected chi connectivity index (χ2v) is 3.95. The van der Waals surface area contributed by atoms with E-state index in [1.165, 1.54) is 22.4 Å². The van der Waals surface area contributed by atoms with Gasteiger partial charge in [-0.3, -0.25) is 10.3 Å². The maximum absolute atomic E-state index is 5.57. The lowest BCUT2D eigenvalue weighted by atomic mass is 9.85. The molecule has 0 saturated carbocycles. The molecule has 1 heterocycles. The largest absolute Gasteiger partial charge is 0.270 e. The summed E-state index contributed by atoms with van der Waals surface area (Å²) in [5, 5.41) is 0. The number of nitrogens with one attached hydrogen (secondary N) is 1. The van der Waals surface area contributed by atoms with Crippen LogP contribution in [0.4, 0.5) is 0 Å². The number of fused-ring (bicyclic) bond motifs is 3. The van der Waals surface area contributed by atoms with Crippen molar-refractivity contribution < 1.29 is 4.84 Å². The molecule has 0 spiro atoms. The van der Waals surface area contributed by atoms with Crippen LogP contribution < -0.4 is 5.48 Å². The van der Waals surface area contributed by atoms with E-state index in [0.29, 0.717) is 0 Å². The average molecular weight is 187 g/mol. The van der Waals surface area contributed by atoms with Crippen LogP contribution in [0.5, 0.6) is 0 Å². The predicted molar refractivity (Wildman–Crippen MR) is 54.4 cm³/mol. The van der Waals surface area contributed by atoms with E-state index in [9.17, 15) is 0 Å². The second-order valence-electron chi connectivity index (χ2n) is 3.95. The summed E-state index contributed by atoms with van der Waals surface area (Å²) in [6.07, 6.45) is 2.44. The third-order valence-corrected chi connectivity index (χ3v) is 3.13. The summed E-state index contributed by atoms with van der Waals surface area (Å²) in [5.41, 5.74) is 8.36. The van der Waals surface area contributed by atoms with Crippen LogP contribution in [0.2, 0.25) is 0 Å². The highest BCUT2D eigenvalue weighted by Crippen LogP contribution is 2.40. The Hall–Kier alpha value is -1.28. The van der Waals surface area contributed by atoms with Crippen LogP contribution in [0.25, 0.3) is 0 Å². The van der Waals surface area contributed by atoms with Crippen molar-refractivity contribution in [2.24, 2.45) is 0 Å². The van der Waals surface area contributed by atoms with Gasteiger partial charge >= 0.3 is 0 Å². The van der Waals surface area contributed by atoms with E-state index >= 15 is 0 Å². The van der Waals surface area contributed by atoms with Crippen LogP contribution in [0.15, 0.2) is 35.5 Å². The smallest absolute Gasteiger partial charge is 0.134 e. The van der Waals surface area contributed by atoms with Gasteiger partial charge in [0.1, 0.15) is 6.10 Å². The molecule has 0 amide bonds. The Morgan fingerprint density at radius 2 is 2.14 bits per heavy atom. The van der Waals surface area contributed by atoms with Crippen molar-refractivity contribution >= 4 is 0 Å². The zero-order chi connectivity index (χ0) is 9.54. The summed E-state index contributed by atoms with van der Waals surface area (Å²) >= 11 is 0. The highest BCUT2D eigenvalue weighted by Gasteiger charge is 2.30. The van der Waals surface area contributed by atoms with E-state index in [-0.39, 0.29) is 6.10 Å². The van der Waals surface area contributed by atoms with E-state index in [0.717, 1.165) is 12.8 Å². The highest BCUT2D eigenvalue weighted by molar-refractivity contribution is 5.40. The van der Waals surface area contributed by atoms with Crippen LogP contribution in [-0.4, -0.2) is 0 Å². The summed E-state index contributed by atoms with van der Waals surface area (Å²) in [6.45, 7) is 2.09. The van der Waals surface area contributed by atoms with Crippen LogP contribution in [-0.2, 0) is 11.3 Å². The molecule has 1 aliphatic heterocycles. The van der Waals surface area contributed by atoms with Gasteiger partial charge in [0, 0.05) is 5.70 Å². The van der Waals surface area contributed by atoms with Crippen molar-refractivity contribution in [2.45, 2.75) is 25.9 Å². The van der Waals surface area contributed by atoms with Crippen molar-refractivity contribution in [1.29, 1.82) is 0 Å². The number of benzene rings is 1. The van der Waals surface area contributed by atoms with E-state index in [4.69, 9.17) is 4.84 Å². The topological polar surface area (TPSA) is 21.3 Å². The molecule has 1 atom stereocenters. The third kappa shape index (κ3) is 1.01. The normalized spacial score (nSPS) is 24.2. The van der Waals surface area contributed by atoms with E-state index in [1.54, 1.807) is 0 Å². The molecule has 14 heavy (non-hydrogen) atoms. The number of allylic oxidation sites excluding steroid dienone is 1. The number of rotatable bonds is 0. The molecule has 2 aliphatic rings. The minimum absolute atomic E-state index is 0.167. The van der Waals surface area contributed by atoms with E-state index in [2.05, 4.69) is 36.7 Å². The molecule has 0 bridgehead atoms. The maximum atomic E-state index is 5.57. The van der Waals surface area contributed by atoms with E-state index < -0.39 is 0 Å². The Bertz CT molecular complexity index is 409. The molecule has 1 aliphatic carbocycles. The standard InChI is InChI=1S/C12H13NO/c1-8-10-7-6-9-4-2-3-5-11(9)12(10)14-13-8/h2-5,12-13H,6-7H2,1H3. The van der Waals surface area contributed by atoms with Crippen molar-refractivity contribution in [3.05, 3.63) is 46.7 Å². The minimum atomic E-state index is 0.167. The SMILES string of the molecule is CC1=C2CCc3ccccc3C2ON1. The molecule has 1 aromatic carbocycles. The zero-order valence-corrected chi connectivity index (χ0v) is 8.21. The van der Waals surface area contributed by atoms with Crippen LogP contribution in [0, 0.1) is 0 Å². The summed E-state index contributed by atoms with van der Waals surface area (Å²) in [6, 6.07) is 8.55. The molecule has 1 unspecified atom stereocenters. The summed E-state index contributed by atoms with van der Waals surface area (Å²) < 4.78 is 0. The molecule has 2 heteroatoms. The van der Waals surface area contributed by atoms with Gasteiger partial charge in [-0.15, -0.1) is 0 Å². The summed E-state index contributed by atoms with van der Waals surface area (Å²) in [5.74, 6) is 0. The van der Waals surface area contributed by atoms with Gasteiger partial charge in [0.15, 0.2) is 0 Å². The summed E-state index contributed by atoms with van der Waals surface area (Å²) in [4.78, 5) is 5.57. The fraction of sp³-hybridized carbons (Fsp3) is 0.333. The van der Waals surface area contributed by atoms with Gasteiger partial charge in [0.05, 0.1) is 0 Å². The Morgan fingerprint density at radius 1 is 1.29 bits per heavy atom. The van der Waals surface area contributed by atoms with Crippen molar-refractivity contribution in [3.63, 3.8) is 0 Å². The fourth-order valence-corrected chi connectivity index (χ4v) is 2.34. The lowest BCUT2D eigenvalue weighted by Crippen LogP contribution is -2.12. The van der Waals surface area contributed by atoms with Gasteiger partial charge in [-0.05, 0) is 36.5 Å². The first-order valence-electron chi connectivity index (χ1n) is 5.05. The van der Waals surface area contributed by atoms with Gasteiger partial charge in [0.2, 0.25) is 0 Å². The molecule has 2 nitrogen and oxygen atoms in total. The minimum Gasteiger partial charge on any atom is -0.270 e. The first-order valence-corrected chi connectivity index (χ1v) is 5.05. The number of hydrogen-bond acceptors (Lipinski definition) is 2. The Labute approximate surface area is 83.5 Å². The molecule has 0 fully saturated rings. The lowest BCUT2D eigenvalue weighted by Gasteiger charge is -2.22. The first kappa shape index (κ1) is 8.06. The van der Waals surface area contributed by atoms with Gasteiger partial charge < -0.3 is 0 Å². The summed E-state index contributed by atoms with van der Waals surface area (Å²) in [7, 11) is 0. The lowest BCUT2D eigenvalue weighted by molar-refractivity contribution is 0.0350. The van der Waals surface area contributed by atoms with Crippen LogP contribution in [0.3, 0.4) is 0 Å². The predicted octanol–water partition coefficient (Wildman–Crippen LogP) is 2.48. The maximum Gasteiger partial charge on any atom is 0.134 e. The molecule has 1 N–H and O–H groups in total. The zero-order valence-electron chi connectivity index (χ0n) is 8.21. The molecule has 3 rings (SSSR count). The van der Waals surface area contributed by atoms with E-state index in [1.807, 2.05) is 0 Å². The van der Waals surface area contributed by atoms with Gasteiger partial charge in [-0.1, -0.05) is 24.3 Å². The van der Waals surface area contributed by atoms with Crippen molar-refractivity contribution in [1.82, 2.24) is 5.48 Å². The Kier molecular flexibility index (Phi) is 1.64. The molecule has 0 aromatic heterocycles. The number of aryl methyl sites for hydroxylation is 1. The molecule has 1 aromatic rings. The molecule has 0 saturated heterocycles. The molecule has 72 valence electrons. The van der Waals surface area contributed by atoms with Crippen molar-refractivity contribution in [2.75, 3.05) is 0 Å². The van der Waals surface area contributed by atoms with Crippen molar-refractivity contribution in [3.8, 4) is 0 Å². The number of hydroxylamine groups is 1. The average Bonchev–Trinajstić information content (AvgIpc) is 2.61. The highest BCUT2D eigenvalue weighted by atomic mass is 16.7. The fourth-order valence-electron chi connectivity index (χ4n) is 2.34. The molecular formula is C12H13NO. The molecular weight excluding hydrogens is 174 g/mol. The first-order chi connectivity index (χ1) is 6.86. The second kappa shape index (κ2) is 2.85. The quantitative estimate of drug-likeness (QED) is 0.673. The monoisotopic (exact) mass is 187 g/mol. The Morgan fingerprint density at radius 3 is 3.07 bits per heavy atom. The van der Waals surface area contributed by atoms with Crippen LogP contribution >= 0.6 is 0 Å². The van der Waals surface area contributed by atoms with Crippen LogP contribution in [0.1, 0.15) is 30.6 Å².